The lowest BCUT2D eigenvalue weighted by molar-refractivity contribution is -0.0842. The van der Waals surface area contributed by atoms with Crippen LogP contribution in [0.5, 0.6) is 0 Å². The number of fused-ring (bicyclic) bond motifs is 3. The van der Waals surface area contributed by atoms with Crippen LogP contribution in [0.15, 0.2) is 24.3 Å². The average molecular weight is 341 g/mol. The average Bonchev–Trinajstić information content (AvgIpc) is 2.62. The quantitative estimate of drug-likeness (QED) is 0.692. The summed E-state index contributed by atoms with van der Waals surface area (Å²) in [4.78, 5) is 0. The Morgan fingerprint density at radius 1 is 0.960 bits per heavy atom. The Morgan fingerprint density at radius 3 is 2.44 bits per heavy atom. The van der Waals surface area contributed by atoms with Gasteiger partial charge in [-0.1, -0.05) is 56.0 Å². The molecule has 0 heterocycles. The molecule has 3 aliphatic carbocycles. The molecule has 3 fully saturated rings. The maximum Gasteiger partial charge on any atom is 0.0899 e. The Balaban J connectivity index is 1.45. The summed E-state index contributed by atoms with van der Waals surface area (Å²) in [6.07, 6.45) is 13.3. The van der Waals surface area contributed by atoms with Crippen molar-refractivity contribution in [1.29, 1.82) is 0 Å². The van der Waals surface area contributed by atoms with E-state index in [-0.39, 0.29) is 0 Å². The van der Waals surface area contributed by atoms with Crippen LogP contribution in [0.1, 0.15) is 82.3 Å². The van der Waals surface area contributed by atoms with E-state index in [4.69, 9.17) is 0 Å². The van der Waals surface area contributed by atoms with Crippen molar-refractivity contribution in [3.05, 3.63) is 35.4 Å². The second kappa shape index (κ2) is 7.06. The van der Waals surface area contributed by atoms with Gasteiger partial charge in [-0.3, -0.25) is 0 Å². The van der Waals surface area contributed by atoms with Gasteiger partial charge in [0.05, 0.1) is 5.60 Å². The predicted octanol–water partition coefficient (Wildman–Crippen LogP) is 6.23. The molecule has 4 rings (SSSR count). The predicted molar refractivity (Wildman–Crippen MR) is 104 cm³/mol. The zero-order valence-electron chi connectivity index (χ0n) is 16.2. The lowest BCUT2D eigenvalue weighted by Crippen LogP contribution is -2.45. The number of hydrogen-bond acceptors (Lipinski definition) is 1. The Kier molecular flexibility index (Phi) is 4.97. The molecular formula is C24H36O. The normalized spacial score (nSPS) is 41.0. The molecule has 0 aliphatic heterocycles. The highest BCUT2D eigenvalue weighted by atomic mass is 16.3. The van der Waals surface area contributed by atoms with Crippen molar-refractivity contribution in [2.45, 2.75) is 83.7 Å². The minimum atomic E-state index is -0.568. The van der Waals surface area contributed by atoms with Crippen molar-refractivity contribution in [3.63, 3.8) is 0 Å². The summed E-state index contributed by atoms with van der Waals surface area (Å²) in [5.41, 5.74) is 1.87. The molecule has 1 heteroatoms. The molecule has 0 radical (unpaired) electrons. The highest BCUT2D eigenvalue weighted by Gasteiger charge is 2.48. The van der Waals surface area contributed by atoms with E-state index < -0.39 is 5.60 Å². The third kappa shape index (κ3) is 3.42. The van der Waals surface area contributed by atoms with Crippen LogP contribution in [0.25, 0.3) is 0 Å². The van der Waals surface area contributed by atoms with Crippen LogP contribution in [0.4, 0.5) is 0 Å². The van der Waals surface area contributed by atoms with Crippen LogP contribution in [0.2, 0.25) is 0 Å². The fourth-order valence-electron chi connectivity index (χ4n) is 6.71. The van der Waals surface area contributed by atoms with Gasteiger partial charge in [0.25, 0.3) is 0 Å². The standard InChI is InChI=1S/C24H36O/c1-3-4-18-7-12-22-19(15-18)8-9-20-16-24(25,14-13-23(20)22)21-10-5-17(2)6-11-21/h5-6,10-11,18-20,22-23,25H,3-4,7-9,12-16H2,1-2H3. The van der Waals surface area contributed by atoms with Crippen molar-refractivity contribution in [2.75, 3.05) is 0 Å². The molecule has 0 aromatic heterocycles. The van der Waals surface area contributed by atoms with Crippen molar-refractivity contribution < 1.29 is 5.11 Å². The number of aryl methyl sites for hydroxylation is 1. The maximum atomic E-state index is 11.4. The smallest absolute Gasteiger partial charge is 0.0899 e. The molecule has 0 saturated heterocycles. The number of rotatable bonds is 3. The van der Waals surface area contributed by atoms with Crippen molar-refractivity contribution in [1.82, 2.24) is 0 Å². The molecule has 6 unspecified atom stereocenters. The molecule has 0 bridgehead atoms. The largest absolute Gasteiger partial charge is 0.385 e. The van der Waals surface area contributed by atoms with Crippen LogP contribution in [-0.4, -0.2) is 5.11 Å². The van der Waals surface area contributed by atoms with Crippen LogP contribution in [0, 0.1) is 36.5 Å². The second-order valence-corrected chi connectivity index (χ2v) is 9.53. The minimum absolute atomic E-state index is 0.568. The van der Waals surface area contributed by atoms with E-state index in [0.29, 0.717) is 0 Å². The van der Waals surface area contributed by atoms with Crippen LogP contribution in [-0.2, 0) is 5.60 Å². The fourth-order valence-corrected chi connectivity index (χ4v) is 6.71. The van der Waals surface area contributed by atoms with E-state index in [2.05, 4.69) is 38.1 Å². The maximum absolute atomic E-state index is 11.4. The van der Waals surface area contributed by atoms with Gasteiger partial charge in [0.1, 0.15) is 0 Å². The molecule has 3 saturated carbocycles. The van der Waals surface area contributed by atoms with Crippen molar-refractivity contribution in [2.24, 2.45) is 29.6 Å². The molecule has 0 spiro atoms. The molecule has 3 aliphatic rings. The fraction of sp³-hybridized carbons (Fsp3) is 0.750. The molecular weight excluding hydrogens is 304 g/mol. The third-order valence-electron chi connectivity index (χ3n) is 7.99. The Morgan fingerprint density at radius 2 is 1.68 bits per heavy atom. The number of hydrogen-bond donors (Lipinski definition) is 1. The Hall–Kier alpha value is -0.820. The summed E-state index contributed by atoms with van der Waals surface area (Å²) >= 11 is 0. The molecule has 1 nitrogen and oxygen atoms in total. The summed E-state index contributed by atoms with van der Waals surface area (Å²) < 4.78 is 0. The van der Waals surface area contributed by atoms with Gasteiger partial charge in [-0.05, 0) is 87.0 Å². The molecule has 6 atom stereocenters. The van der Waals surface area contributed by atoms with Crippen molar-refractivity contribution in [3.8, 4) is 0 Å². The summed E-state index contributed by atoms with van der Waals surface area (Å²) in [6, 6.07) is 8.64. The summed E-state index contributed by atoms with van der Waals surface area (Å²) in [6.45, 7) is 4.47. The summed E-state index contributed by atoms with van der Waals surface area (Å²) in [5.74, 6) is 4.62. The number of aliphatic hydroxyl groups is 1. The molecule has 138 valence electrons. The van der Waals surface area contributed by atoms with Gasteiger partial charge in [-0.15, -0.1) is 0 Å². The lowest BCUT2D eigenvalue weighted by atomic mass is 9.54. The molecule has 1 aromatic rings. The first-order chi connectivity index (χ1) is 12.1. The summed E-state index contributed by atoms with van der Waals surface area (Å²) in [5, 5.41) is 11.4. The second-order valence-electron chi connectivity index (χ2n) is 9.53. The van der Waals surface area contributed by atoms with E-state index in [1.165, 1.54) is 56.9 Å². The molecule has 0 amide bonds. The van der Waals surface area contributed by atoms with Gasteiger partial charge in [-0.25, -0.2) is 0 Å². The molecule has 1 aromatic carbocycles. The SMILES string of the molecule is CCCC1CCC2C(CCC3CC(O)(c4ccc(C)cc4)CCC32)C1. The van der Waals surface area contributed by atoms with Crippen LogP contribution >= 0.6 is 0 Å². The Labute approximate surface area is 154 Å². The number of benzene rings is 1. The molecule has 1 N–H and O–H groups in total. The van der Waals surface area contributed by atoms with Crippen LogP contribution < -0.4 is 0 Å². The van der Waals surface area contributed by atoms with E-state index in [1.807, 2.05) is 0 Å². The Bertz CT molecular complexity index is 576. The first-order valence-corrected chi connectivity index (χ1v) is 10.9. The van der Waals surface area contributed by atoms with Gasteiger partial charge in [-0.2, -0.15) is 0 Å². The van der Waals surface area contributed by atoms with E-state index in [1.54, 1.807) is 0 Å². The minimum Gasteiger partial charge on any atom is -0.385 e. The monoisotopic (exact) mass is 340 g/mol. The lowest BCUT2D eigenvalue weighted by Gasteiger charge is -2.52. The first-order valence-electron chi connectivity index (χ1n) is 10.9. The van der Waals surface area contributed by atoms with Crippen LogP contribution in [0.3, 0.4) is 0 Å². The van der Waals surface area contributed by atoms with Crippen molar-refractivity contribution >= 4 is 0 Å². The van der Waals surface area contributed by atoms with E-state index in [0.717, 1.165) is 48.0 Å². The third-order valence-corrected chi connectivity index (χ3v) is 7.99. The topological polar surface area (TPSA) is 20.2 Å². The highest BCUT2D eigenvalue weighted by molar-refractivity contribution is 5.27. The van der Waals surface area contributed by atoms with E-state index >= 15 is 0 Å². The van der Waals surface area contributed by atoms with Gasteiger partial charge in [0, 0.05) is 0 Å². The zero-order chi connectivity index (χ0) is 17.4. The molecule has 25 heavy (non-hydrogen) atoms. The highest BCUT2D eigenvalue weighted by Crippen LogP contribution is 2.56. The van der Waals surface area contributed by atoms with Gasteiger partial charge in [0.15, 0.2) is 0 Å². The van der Waals surface area contributed by atoms with Gasteiger partial charge >= 0.3 is 0 Å². The van der Waals surface area contributed by atoms with E-state index in [9.17, 15) is 5.11 Å². The van der Waals surface area contributed by atoms with Gasteiger partial charge < -0.3 is 5.11 Å². The van der Waals surface area contributed by atoms with Gasteiger partial charge in [0.2, 0.25) is 0 Å². The zero-order valence-corrected chi connectivity index (χ0v) is 16.2. The first kappa shape index (κ1) is 17.6. The summed E-state index contributed by atoms with van der Waals surface area (Å²) in [7, 11) is 0.